The maximum Gasteiger partial charge on any atom is 0.307 e. The van der Waals surface area contributed by atoms with E-state index in [1.807, 2.05) is 19.1 Å². The Morgan fingerprint density at radius 3 is 2.52 bits per heavy atom. The average molecular weight is 602 g/mol. The van der Waals surface area contributed by atoms with Gasteiger partial charge in [-0.3, -0.25) is 19.2 Å². The van der Waals surface area contributed by atoms with Crippen LogP contribution < -0.4 is 15.4 Å². The van der Waals surface area contributed by atoms with Crippen molar-refractivity contribution < 1.29 is 33.1 Å². The lowest BCUT2D eigenvalue weighted by Gasteiger charge is -2.34. The van der Waals surface area contributed by atoms with Gasteiger partial charge in [0, 0.05) is 19.1 Å². The number of carbonyl (C=O) groups excluding carboxylic acids is 4. The summed E-state index contributed by atoms with van der Waals surface area (Å²) >= 11 is 0. The van der Waals surface area contributed by atoms with E-state index in [0.717, 1.165) is 18.4 Å². The predicted molar refractivity (Wildman–Crippen MR) is 156 cm³/mol. The Hall–Kier alpha value is -4.74. The molecule has 1 aliphatic carbocycles. The van der Waals surface area contributed by atoms with Crippen molar-refractivity contribution in [3.8, 4) is 5.75 Å². The number of hydrogen-bond acceptors (Lipinski definition) is 9. The molecule has 230 valence electrons. The second kappa shape index (κ2) is 12.9. The van der Waals surface area contributed by atoms with E-state index in [1.165, 1.54) is 37.1 Å². The first-order chi connectivity index (χ1) is 21.3. The fourth-order valence-electron chi connectivity index (χ4n) is 5.73. The highest BCUT2D eigenvalue weighted by Crippen LogP contribution is 2.40. The number of nitrogens with one attached hydrogen (secondary N) is 2. The molecule has 1 saturated carbocycles. The van der Waals surface area contributed by atoms with E-state index >= 15 is 0 Å². The fraction of sp³-hybridized carbons (Fsp3) is 0.438. The molecule has 0 spiro atoms. The number of aromatic nitrogens is 2. The second-order valence-corrected chi connectivity index (χ2v) is 11.6. The van der Waals surface area contributed by atoms with Gasteiger partial charge >= 0.3 is 11.9 Å². The van der Waals surface area contributed by atoms with Crippen LogP contribution in [0, 0.1) is 5.92 Å². The third-order valence-corrected chi connectivity index (χ3v) is 8.26. The van der Waals surface area contributed by atoms with Crippen LogP contribution in [0.1, 0.15) is 83.4 Å². The summed E-state index contributed by atoms with van der Waals surface area (Å²) < 4.78 is 16.4. The lowest BCUT2D eigenvalue weighted by Crippen LogP contribution is -2.51. The SMILES string of the molecule is CC(NC(=O)c1ncco1)C(Oc1ccc(C(=O)N[C@H]2CCCN(C(=O)[C@H]3COC(=O)C3)C2)nc1)c1ccc(C2CC2)cc1. The van der Waals surface area contributed by atoms with Gasteiger partial charge in [-0.05, 0) is 61.8 Å². The summed E-state index contributed by atoms with van der Waals surface area (Å²) in [7, 11) is 0. The number of pyridine rings is 1. The van der Waals surface area contributed by atoms with E-state index in [1.54, 1.807) is 17.0 Å². The molecule has 6 rings (SSSR count). The van der Waals surface area contributed by atoms with Crippen molar-refractivity contribution >= 4 is 23.7 Å². The standard InChI is InChI=1S/C32H35N5O7/c1-19(35-30(40)31-33-12-14-42-31)28(22-8-6-21(7-9-22)20-4-5-20)44-25-10-11-26(34-16-25)29(39)36-24-3-2-13-37(17-24)32(41)23-15-27(38)43-18-23/h6-12,14,16,19-20,23-24,28H,2-5,13,15,17-18H2,1H3,(H,35,40)(H,36,39)/t19?,23-,24+,28?/m1/s1. The lowest BCUT2D eigenvalue weighted by molar-refractivity contribution is -0.138. The number of amides is 3. The number of piperidine rings is 1. The van der Waals surface area contributed by atoms with Crippen LogP contribution in [0.4, 0.5) is 0 Å². The molecule has 44 heavy (non-hydrogen) atoms. The van der Waals surface area contributed by atoms with Crippen LogP contribution in [-0.4, -0.2) is 70.3 Å². The van der Waals surface area contributed by atoms with Crippen molar-refractivity contribution in [3.05, 3.63) is 77.8 Å². The molecule has 2 aromatic heterocycles. The van der Waals surface area contributed by atoms with Gasteiger partial charge in [0.25, 0.3) is 11.8 Å². The molecule has 2 aliphatic heterocycles. The molecule has 4 heterocycles. The third kappa shape index (κ3) is 6.90. The van der Waals surface area contributed by atoms with E-state index in [2.05, 4.69) is 32.7 Å². The van der Waals surface area contributed by atoms with Crippen molar-refractivity contribution in [2.45, 2.75) is 63.1 Å². The fourth-order valence-corrected chi connectivity index (χ4v) is 5.73. The van der Waals surface area contributed by atoms with Gasteiger partial charge in [0.2, 0.25) is 5.91 Å². The van der Waals surface area contributed by atoms with Crippen LogP contribution in [0.5, 0.6) is 5.75 Å². The van der Waals surface area contributed by atoms with Crippen molar-refractivity contribution in [3.63, 3.8) is 0 Å². The maximum absolute atomic E-state index is 13.0. The van der Waals surface area contributed by atoms with E-state index in [9.17, 15) is 19.2 Å². The third-order valence-electron chi connectivity index (χ3n) is 8.26. The minimum atomic E-state index is -0.560. The summed E-state index contributed by atoms with van der Waals surface area (Å²) in [6, 6.07) is 10.8. The summed E-state index contributed by atoms with van der Waals surface area (Å²) in [6.07, 6.45) is 7.64. The van der Waals surface area contributed by atoms with Crippen molar-refractivity contribution in [2.75, 3.05) is 19.7 Å². The Labute approximate surface area is 254 Å². The number of rotatable bonds is 10. The Kier molecular flexibility index (Phi) is 8.58. The number of nitrogens with zero attached hydrogens (tertiary/aromatic N) is 3. The lowest BCUT2D eigenvalue weighted by atomic mass is 10.00. The van der Waals surface area contributed by atoms with Crippen molar-refractivity contribution in [1.82, 2.24) is 25.5 Å². The quantitative estimate of drug-likeness (QED) is 0.334. The molecule has 2 unspecified atom stereocenters. The van der Waals surface area contributed by atoms with Gasteiger partial charge in [0.15, 0.2) is 0 Å². The molecule has 12 nitrogen and oxygen atoms in total. The maximum atomic E-state index is 13.0. The Morgan fingerprint density at radius 1 is 1.05 bits per heavy atom. The molecule has 0 radical (unpaired) electrons. The number of benzene rings is 1. The molecule has 0 bridgehead atoms. The Bertz CT molecular complexity index is 1490. The zero-order valence-electron chi connectivity index (χ0n) is 24.4. The predicted octanol–water partition coefficient (Wildman–Crippen LogP) is 3.17. The second-order valence-electron chi connectivity index (χ2n) is 11.6. The van der Waals surface area contributed by atoms with Gasteiger partial charge in [-0.1, -0.05) is 24.3 Å². The van der Waals surface area contributed by atoms with Crippen LogP contribution in [0.3, 0.4) is 0 Å². The average Bonchev–Trinajstić information content (AvgIpc) is 3.55. The monoisotopic (exact) mass is 601 g/mol. The van der Waals surface area contributed by atoms with Crippen LogP contribution >= 0.6 is 0 Å². The first-order valence-corrected chi connectivity index (χ1v) is 15.0. The zero-order chi connectivity index (χ0) is 30.6. The number of esters is 1. The minimum Gasteiger partial charge on any atom is -0.482 e. The van der Waals surface area contributed by atoms with Gasteiger partial charge in [0.05, 0.1) is 30.8 Å². The summed E-state index contributed by atoms with van der Waals surface area (Å²) in [5.74, 6) is -0.730. The summed E-state index contributed by atoms with van der Waals surface area (Å²) in [4.78, 5) is 59.9. The highest BCUT2D eigenvalue weighted by molar-refractivity contribution is 5.92. The van der Waals surface area contributed by atoms with E-state index in [-0.39, 0.29) is 48.4 Å². The molecule has 3 aliphatic rings. The van der Waals surface area contributed by atoms with Crippen molar-refractivity contribution in [1.29, 1.82) is 0 Å². The number of hydrogen-bond donors (Lipinski definition) is 2. The molecule has 12 heteroatoms. The van der Waals surface area contributed by atoms with E-state index in [0.29, 0.717) is 24.8 Å². The van der Waals surface area contributed by atoms with Gasteiger partial charge in [-0.2, -0.15) is 0 Å². The largest absolute Gasteiger partial charge is 0.482 e. The topological polar surface area (TPSA) is 153 Å². The molecule has 4 atom stereocenters. The zero-order valence-corrected chi connectivity index (χ0v) is 24.4. The normalized spacial score (nSPS) is 21.2. The smallest absolute Gasteiger partial charge is 0.307 e. The van der Waals surface area contributed by atoms with Crippen LogP contribution in [0.2, 0.25) is 0 Å². The molecule has 1 aromatic carbocycles. The number of likely N-dealkylation sites (tertiary alicyclic amines) is 1. The molecule has 3 amide bonds. The Morgan fingerprint density at radius 2 is 1.86 bits per heavy atom. The first-order valence-electron chi connectivity index (χ1n) is 15.0. The number of ether oxygens (including phenoxy) is 2. The molecule has 3 fully saturated rings. The highest BCUT2D eigenvalue weighted by atomic mass is 16.5. The first kappa shape index (κ1) is 29.3. The van der Waals surface area contributed by atoms with E-state index < -0.39 is 24.0 Å². The Balaban J connectivity index is 1.09. The summed E-state index contributed by atoms with van der Waals surface area (Å²) in [5.41, 5.74) is 2.38. The van der Waals surface area contributed by atoms with Gasteiger partial charge in [0.1, 0.15) is 30.4 Å². The van der Waals surface area contributed by atoms with Crippen molar-refractivity contribution in [2.24, 2.45) is 5.92 Å². The molecule has 2 saturated heterocycles. The van der Waals surface area contributed by atoms with Gasteiger partial charge in [-0.25, -0.2) is 9.97 Å². The molecule has 2 N–H and O–H groups in total. The number of carbonyl (C=O) groups is 4. The molecular weight excluding hydrogens is 566 g/mol. The minimum absolute atomic E-state index is 0.0372. The van der Waals surface area contributed by atoms with Crippen LogP contribution in [0.25, 0.3) is 0 Å². The van der Waals surface area contributed by atoms with Gasteiger partial charge in [-0.15, -0.1) is 0 Å². The molecular formula is C32H35N5O7. The van der Waals surface area contributed by atoms with Gasteiger partial charge < -0.3 is 29.4 Å². The molecule has 3 aromatic rings. The number of oxazole rings is 1. The summed E-state index contributed by atoms with van der Waals surface area (Å²) in [6.45, 7) is 2.91. The highest BCUT2D eigenvalue weighted by Gasteiger charge is 2.35. The van der Waals surface area contributed by atoms with E-state index in [4.69, 9.17) is 13.9 Å². The number of cyclic esters (lactones) is 1. The van der Waals surface area contributed by atoms with Crippen LogP contribution in [-0.2, 0) is 14.3 Å². The summed E-state index contributed by atoms with van der Waals surface area (Å²) in [5, 5.41) is 5.88. The van der Waals surface area contributed by atoms with Crippen LogP contribution in [0.15, 0.2) is 59.5 Å².